The van der Waals surface area contributed by atoms with E-state index in [2.05, 4.69) is 28.3 Å². The van der Waals surface area contributed by atoms with E-state index >= 15 is 0 Å². The molecule has 1 amide bonds. The molecule has 0 saturated heterocycles. The summed E-state index contributed by atoms with van der Waals surface area (Å²) in [5.41, 5.74) is 5.95. The van der Waals surface area contributed by atoms with Gasteiger partial charge in [0, 0.05) is 37.1 Å². The molecule has 3 heterocycles. The summed E-state index contributed by atoms with van der Waals surface area (Å²) in [5.74, 6) is 0.0582. The lowest BCUT2D eigenvalue weighted by Gasteiger charge is -2.35. The van der Waals surface area contributed by atoms with Crippen LogP contribution in [-0.2, 0) is 20.0 Å². The van der Waals surface area contributed by atoms with E-state index in [1.807, 2.05) is 42.7 Å². The van der Waals surface area contributed by atoms with Crippen molar-refractivity contribution in [2.24, 2.45) is 7.05 Å². The predicted octanol–water partition coefficient (Wildman–Crippen LogP) is 3.33. The Morgan fingerprint density at radius 3 is 2.67 bits per heavy atom. The molecule has 2 aliphatic rings. The number of aliphatic hydroxyl groups excluding tert-OH is 1. The largest absolute Gasteiger partial charge is 0.391 e. The SMILES string of the molecule is Cn1cc(-c2ccc(Cc3ccc4c(c3)C(=O)N([C@@H]3CCCC[C@H]3O)C4)cn2)cn1. The zero-order valence-corrected chi connectivity index (χ0v) is 17.2. The number of nitrogens with zero attached hydrogens (tertiary/aromatic N) is 4. The van der Waals surface area contributed by atoms with Gasteiger partial charge in [0.2, 0.25) is 0 Å². The van der Waals surface area contributed by atoms with Crippen molar-refractivity contribution >= 4 is 5.91 Å². The number of benzene rings is 1. The second-order valence-corrected chi connectivity index (χ2v) is 8.47. The van der Waals surface area contributed by atoms with Gasteiger partial charge in [-0.3, -0.25) is 14.5 Å². The minimum Gasteiger partial charge on any atom is -0.391 e. The molecule has 6 nitrogen and oxygen atoms in total. The number of hydrogen-bond donors (Lipinski definition) is 1. The Balaban J connectivity index is 1.32. The molecule has 6 heteroatoms. The van der Waals surface area contributed by atoms with Crippen LogP contribution in [0.5, 0.6) is 0 Å². The van der Waals surface area contributed by atoms with Crippen molar-refractivity contribution in [1.82, 2.24) is 19.7 Å². The van der Waals surface area contributed by atoms with Crippen molar-refractivity contribution < 1.29 is 9.90 Å². The van der Waals surface area contributed by atoms with Crippen molar-refractivity contribution in [1.29, 1.82) is 0 Å². The van der Waals surface area contributed by atoms with Gasteiger partial charge in [0.1, 0.15) is 0 Å². The van der Waals surface area contributed by atoms with Crippen LogP contribution in [0.4, 0.5) is 0 Å². The number of rotatable bonds is 4. The lowest BCUT2D eigenvalue weighted by molar-refractivity contribution is 0.0191. The smallest absolute Gasteiger partial charge is 0.254 e. The number of aryl methyl sites for hydroxylation is 1. The standard InChI is InChI=1S/C24H26N4O2/c1-27-14-19(13-26-27)21-9-7-17(12-25-21)10-16-6-8-18-15-28(24(30)20(18)11-16)22-4-2-3-5-23(22)29/h6-9,11-14,22-23,29H,2-5,10,15H2,1H3/t22-,23-/m1/s1. The van der Waals surface area contributed by atoms with Crippen LogP contribution < -0.4 is 0 Å². The minimum absolute atomic E-state index is 0.0497. The first-order valence-corrected chi connectivity index (χ1v) is 10.6. The monoisotopic (exact) mass is 402 g/mol. The summed E-state index contributed by atoms with van der Waals surface area (Å²) in [7, 11) is 1.89. The van der Waals surface area contributed by atoms with Crippen molar-refractivity contribution in [2.75, 3.05) is 0 Å². The second kappa shape index (κ2) is 7.69. The van der Waals surface area contributed by atoms with Gasteiger partial charge in [-0.2, -0.15) is 5.10 Å². The molecule has 0 radical (unpaired) electrons. The van der Waals surface area contributed by atoms with Gasteiger partial charge < -0.3 is 10.0 Å². The van der Waals surface area contributed by atoms with Gasteiger partial charge in [0.15, 0.2) is 0 Å². The van der Waals surface area contributed by atoms with E-state index in [4.69, 9.17) is 0 Å². The molecule has 0 unspecified atom stereocenters. The van der Waals surface area contributed by atoms with E-state index in [9.17, 15) is 9.90 Å². The van der Waals surface area contributed by atoms with Crippen LogP contribution in [0.2, 0.25) is 0 Å². The molecule has 1 aliphatic carbocycles. The molecule has 154 valence electrons. The van der Waals surface area contributed by atoms with E-state index in [1.54, 1.807) is 4.68 Å². The maximum absolute atomic E-state index is 13.0. The quantitative estimate of drug-likeness (QED) is 0.727. The summed E-state index contributed by atoms with van der Waals surface area (Å²) in [6.07, 6.45) is 9.78. The number of fused-ring (bicyclic) bond motifs is 1. The van der Waals surface area contributed by atoms with E-state index in [0.717, 1.165) is 65.6 Å². The second-order valence-electron chi connectivity index (χ2n) is 8.47. The summed E-state index contributed by atoms with van der Waals surface area (Å²) in [5, 5.41) is 14.6. The van der Waals surface area contributed by atoms with Crippen molar-refractivity contribution in [2.45, 2.75) is 50.8 Å². The molecular formula is C24H26N4O2. The first kappa shape index (κ1) is 19.0. The predicted molar refractivity (Wildman–Crippen MR) is 114 cm³/mol. The average molecular weight is 402 g/mol. The van der Waals surface area contributed by atoms with Gasteiger partial charge in [-0.25, -0.2) is 0 Å². The fraction of sp³-hybridized carbons (Fsp3) is 0.375. The van der Waals surface area contributed by atoms with Crippen molar-refractivity contribution in [3.63, 3.8) is 0 Å². The van der Waals surface area contributed by atoms with Crippen molar-refractivity contribution in [3.8, 4) is 11.3 Å². The van der Waals surface area contributed by atoms with Gasteiger partial charge in [-0.15, -0.1) is 0 Å². The number of amides is 1. The van der Waals surface area contributed by atoms with Crippen LogP contribution in [0.1, 0.15) is 52.7 Å². The Bertz CT molecular complexity index is 1070. The van der Waals surface area contributed by atoms with E-state index in [0.29, 0.717) is 6.54 Å². The zero-order valence-electron chi connectivity index (χ0n) is 17.2. The maximum atomic E-state index is 13.0. The fourth-order valence-corrected chi connectivity index (χ4v) is 4.69. The molecule has 2 atom stereocenters. The number of carbonyl (C=O) groups is 1. The number of carbonyl (C=O) groups excluding carboxylic acids is 1. The molecule has 3 aromatic rings. The Morgan fingerprint density at radius 2 is 1.93 bits per heavy atom. The topological polar surface area (TPSA) is 71.2 Å². The molecule has 2 aromatic heterocycles. The third-order valence-electron chi connectivity index (χ3n) is 6.33. The van der Waals surface area contributed by atoms with Gasteiger partial charge in [0.05, 0.1) is 24.0 Å². The number of hydrogen-bond acceptors (Lipinski definition) is 4. The van der Waals surface area contributed by atoms with Gasteiger partial charge in [-0.1, -0.05) is 31.0 Å². The van der Waals surface area contributed by atoms with Crippen LogP contribution in [0, 0.1) is 0 Å². The summed E-state index contributed by atoms with van der Waals surface area (Å²) in [6.45, 7) is 0.609. The minimum atomic E-state index is -0.402. The van der Waals surface area contributed by atoms with Gasteiger partial charge in [0.25, 0.3) is 5.91 Å². The first-order chi connectivity index (χ1) is 14.6. The van der Waals surface area contributed by atoms with Crippen LogP contribution in [0.3, 0.4) is 0 Å². The van der Waals surface area contributed by atoms with Crippen molar-refractivity contribution in [3.05, 3.63) is 71.2 Å². The molecule has 1 N–H and O–H groups in total. The lowest BCUT2D eigenvalue weighted by atomic mass is 9.91. The van der Waals surface area contributed by atoms with E-state index in [-0.39, 0.29) is 11.9 Å². The van der Waals surface area contributed by atoms with Crippen LogP contribution in [0.15, 0.2) is 48.9 Å². The van der Waals surface area contributed by atoms with Crippen LogP contribution in [0.25, 0.3) is 11.3 Å². The molecule has 0 bridgehead atoms. The van der Waals surface area contributed by atoms with E-state index < -0.39 is 6.10 Å². The lowest BCUT2D eigenvalue weighted by Crippen LogP contribution is -2.45. The molecule has 1 fully saturated rings. The Hall–Kier alpha value is -2.99. The zero-order chi connectivity index (χ0) is 20.7. The molecule has 1 aliphatic heterocycles. The highest BCUT2D eigenvalue weighted by atomic mass is 16.3. The molecule has 1 aromatic carbocycles. The average Bonchev–Trinajstić information content (AvgIpc) is 3.33. The molecule has 1 saturated carbocycles. The van der Waals surface area contributed by atoms with Crippen LogP contribution >= 0.6 is 0 Å². The normalized spacial score (nSPS) is 21.1. The highest BCUT2D eigenvalue weighted by Gasteiger charge is 2.37. The highest BCUT2D eigenvalue weighted by Crippen LogP contribution is 2.32. The highest BCUT2D eigenvalue weighted by molar-refractivity contribution is 5.98. The molecule has 5 rings (SSSR count). The number of aromatic nitrogens is 3. The summed E-state index contributed by atoms with van der Waals surface area (Å²) in [4.78, 5) is 19.5. The fourth-order valence-electron chi connectivity index (χ4n) is 4.69. The number of pyridine rings is 1. The summed E-state index contributed by atoms with van der Waals surface area (Å²) < 4.78 is 1.77. The number of aliphatic hydroxyl groups is 1. The molecular weight excluding hydrogens is 376 g/mol. The summed E-state index contributed by atoms with van der Waals surface area (Å²) >= 11 is 0. The van der Waals surface area contributed by atoms with E-state index in [1.165, 1.54) is 0 Å². The third kappa shape index (κ3) is 3.52. The van der Waals surface area contributed by atoms with Gasteiger partial charge >= 0.3 is 0 Å². The Morgan fingerprint density at radius 1 is 1.10 bits per heavy atom. The summed E-state index contributed by atoms with van der Waals surface area (Å²) in [6, 6.07) is 10.2. The third-order valence-corrected chi connectivity index (χ3v) is 6.33. The molecule has 0 spiro atoms. The van der Waals surface area contributed by atoms with Gasteiger partial charge in [-0.05, 0) is 48.1 Å². The van der Waals surface area contributed by atoms with Crippen LogP contribution in [-0.4, -0.2) is 42.8 Å². The first-order valence-electron chi connectivity index (χ1n) is 10.6. The Kier molecular flexibility index (Phi) is 4.87. The maximum Gasteiger partial charge on any atom is 0.254 e. The Labute approximate surface area is 176 Å². The molecule has 30 heavy (non-hydrogen) atoms.